The van der Waals surface area contributed by atoms with Gasteiger partial charge in [-0.1, -0.05) is 0 Å². The third kappa shape index (κ3) is 4.39. The van der Waals surface area contributed by atoms with Crippen molar-refractivity contribution < 1.29 is 14.2 Å². The van der Waals surface area contributed by atoms with E-state index in [0.29, 0.717) is 13.2 Å². The van der Waals surface area contributed by atoms with Crippen LogP contribution in [0.25, 0.3) is 0 Å². The number of ether oxygens (including phenoxy) is 3. The molecule has 0 amide bonds. The molecule has 0 bridgehead atoms. The quantitative estimate of drug-likeness (QED) is 0.539. The average molecular weight is 132 g/mol. The summed E-state index contributed by atoms with van der Waals surface area (Å²) in [6.07, 6.45) is -0.0556. The minimum absolute atomic E-state index is 0.0556. The summed E-state index contributed by atoms with van der Waals surface area (Å²) >= 11 is 0. The van der Waals surface area contributed by atoms with E-state index in [1.165, 1.54) is 0 Å². The van der Waals surface area contributed by atoms with Gasteiger partial charge in [0.25, 0.3) is 0 Å². The van der Waals surface area contributed by atoms with E-state index in [0.717, 1.165) is 0 Å². The minimum atomic E-state index is -0.0556. The Labute approximate surface area is 55.9 Å². The fraction of sp³-hybridized carbons (Fsp3) is 0.833. The lowest BCUT2D eigenvalue weighted by atomic mass is 10.4. The third-order valence-electron chi connectivity index (χ3n) is 0.968. The number of hydrogen-bond acceptors (Lipinski definition) is 3. The van der Waals surface area contributed by atoms with Crippen LogP contribution < -0.4 is 0 Å². The molecule has 0 saturated heterocycles. The molecular formula is C6H12O3. The zero-order valence-electron chi connectivity index (χ0n) is 5.79. The molecule has 0 aromatic heterocycles. The summed E-state index contributed by atoms with van der Waals surface area (Å²) in [5.74, 6) is 0. The monoisotopic (exact) mass is 132 g/mol. The molecule has 0 fully saturated rings. The first-order valence-corrected chi connectivity index (χ1v) is 2.68. The van der Waals surface area contributed by atoms with Gasteiger partial charge in [-0.25, -0.2) is 0 Å². The average Bonchev–Trinajstić information content (AvgIpc) is 1.88. The Bertz CT molecular complexity index is 50.3. The van der Waals surface area contributed by atoms with Crippen LogP contribution in [0.15, 0.2) is 0 Å². The van der Waals surface area contributed by atoms with Gasteiger partial charge in [-0.2, -0.15) is 0 Å². The van der Waals surface area contributed by atoms with Crippen molar-refractivity contribution in [3.63, 3.8) is 0 Å². The molecule has 1 atom stereocenters. The molecule has 0 heterocycles. The Kier molecular flexibility index (Phi) is 5.93. The van der Waals surface area contributed by atoms with Gasteiger partial charge in [0.2, 0.25) is 0 Å². The molecule has 3 heteroatoms. The maximum absolute atomic E-state index is 4.90. The van der Waals surface area contributed by atoms with Crippen molar-refractivity contribution in [2.24, 2.45) is 0 Å². The molecule has 9 heavy (non-hydrogen) atoms. The first-order valence-electron chi connectivity index (χ1n) is 2.68. The number of rotatable bonds is 5. The van der Waals surface area contributed by atoms with E-state index in [1.807, 2.05) is 0 Å². The van der Waals surface area contributed by atoms with E-state index in [1.54, 1.807) is 14.2 Å². The van der Waals surface area contributed by atoms with E-state index in [9.17, 15) is 0 Å². The molecule has 0 N–H and O–H groups in total. The molecule has 2 radical (unpaired) electrons. The van der Waals surface area contributed by atoms with Crippen molar-refractivity contribution in [3.05, 3.63) is 7.11 Å². The van der Waals surface area contributed by atoms with Gasteiger partial charge in [0.15, 0.2) is 0 Å². The Morgan fingerprint density at radius 1 is 1.33 bits per heavy atom. The summed E-state index contributed by atoms with van der Waals surface area (Å²) in [5, 5.41) is 0. The molecule has 1 unspecified atom stereocenters. The molecule has 0 aliphatic rings. The van der Waals surface area contributed by atoms with Crippen molar-refractivity contribution >= 4 is 0 Å². The summed E-state index contributed by atoms with van der Waals surface area (Å²) in [5.41, 5.74) is 0. The van der Waals surface area contributed by atoms with Gasteiger partial charge in [0, 0.05) is 14.2 Å². The van der Waals surface area contributed by atoms with Crippen LogP contribution in [0.4, 0.5) is 0 Å². The highest BCUT2D eigenvalue weighted by atomic mass is 16.5. The minimum Gasteiger partial charge on any atom is -0.382 e. The molecular weight excluding hydrogens is 120 g/mol. The Balaban J connectivity index is 3.18. The summed E-state index contributed by atoms with van der Waals surface area (Å²) in [7, 11) is 7.99. The first-order chi connectivity index (χ1) is 4.35. The Morgan fingerprint density at radius 3 is 2.33 bits per heavy atom. The maximum atomic E-state index is 4.90. The second-order valence-electron chi connectivity index (χ2n) is 1.65. The highest BCUT2D eigenvalue weighted by Gasteiger charge is 2.03. The lowest BCUT2D eigenvalue weighted by Crippen LogP contribution is -2.22. The Hall–Kier alpha value is -0.120. The van der Waals surface area contributed by atoms with Gasteiger partial charge in [0.05, 0.1) is 13.2 Å². The topological polar surface area (TPSA) is 27.7 Å². The number of methoxy groups -OCH3 is 2. The smallest absolute Gasteiger partial charge is 0.115 e. The van der Waals surface area contributed by atoms with Crippen molar-refractivity contribution in [2.75, 3.05) is 27.4 Å². The van der Waals surface area contributed by atoms with Crippen molar-refractivity contribution in [1.82, 2.24) is 0 Å². The fourth-order valence-corrected chi connectivity index (χ4v) is 0.477. The summed E-state index contributed by atoms with van der Waals surface area (Å²) < 4.78 is 14.0. The highest BCUT2D eigenvalue weighted by molar-refractivity contribution is 4.52. The zero-order valence-corrected chi connectivity index (χ0v) is 5.79. The number of hydrogen-bond donors (Lipinski definition) is 0. The molecule has 54 valence electrons. The van der Waals surface area contributed by atoms with Gasteiger partial charge < -0.3 is 14.2 Å². The molecule has 0 aliphatic heterocycles. The summed E-state index contributed by atoms with van der Waals surface area (Å²) in [6.45, 7) is 0.873. The molecule has 0 aromatic carbocycles. The van der Waals surface area contributed by atoms with E-state index in [2.05, 4.69) is 4.74 Å². The van der Waals surface area contributed by atoms with Crippen molar-refractivity contribution in [2.45, 2.75) is 6.10 Å². The summed E-state index contributed by atoms with van der Waals surface area (Å²) in [6, 6.07) is 0. The molecule has 0 aromatic rings. The van der Waals surface area contributed by atoms with E-state index in [-0.39, 0.29) is 6.10 Å². The van der Waals surface area contributed by atoms with Crippen LogP contribution in [-0.4, -0.2) is 33.5 Å². The van der Waals surface area contributed by atoms with Crippen LogP contribution in [0, 0.1) is 7.11 Å². The molecule has 0 rings (SSSR count). The molecule has 0 saturated carbocycles. The van der Waals surface area contributed by atoms with E-state index in [4.69, 9.17) is 16.6 Å². The largest absolute Gasteiger partial charge is 0.382 e. The molecule has 0 spiro atoms. The summed E-state index contributed by atoms with van der Waals surface area (Å²) in [4.78, 5) is 0. The lowest BCUT2D eigenvalue weighted by Gasteiger charge is -2.11. The van der Waals surface area contributed by atoms with Crippen LogP contribution in [0.3, 0.4) is 0 Å². The van der Waals surface area contributed by atoms with Crippen molar-refractivity contribution in [3.8, 4) is 0 Å². The SMILES string of the molecule is [CH]OCC(COC)OC. The maximum Gasteiger partial charge on any atom is 0.115 e. The molecule has 3 nitrogen and oxygen atoms in total. The second-order valence-corrected chi connectivity index (χ2v) is 1.65. The van der Waals surface area contributed by atoms with Gasteiger partial charge in [0.1, 0.15) is 13.2 Å². The normalized spacial score (nSPS) is 10.7. The van der Waals surface area contributed by atoms with Crippen molar-refractivity contribution in [1.29, 1.82) is 0 Å². The van der Waals surface area contributed by atoms with Gasteiger partial charge in [-0.3, -0.25) is 0 Å². The highest BCUT2D eigenvalue weighted by Crippen LogP contribution is 1.90. The van der Waals surface area contributed by atoms with Crippen LogP contribution in [0.2, 0.25) is 0 Å². The molecule has 0 aliphatic carbocycles. The third-order valence-corrected chi connectivity index (χ3v) is 0.968. The van der Waals surface area contributed by atoms with E-state index >= 15 is 0 Å². The van der Waals surface area contributed by atoms with E-state index < -0.39 is 0 Å². The van der Waals surface area contributed by atoms with Gasteiger partial charge >= 0.3 is 0 Å². The Morgan fingerprint density at radius 2 is 2.00 bits per heavy atom. The first kappa shape index (κ1) is 8.88. The van der Waals surface area contributed by atoms with Crippen LogP contribution in [0.1, 0.15) is 0 Å². The fourth-order valence-electron chi connectivity index (χ4n) is 0.477. The van der Waals surface area contributed by atoms with Crippen LogP contribution >= 0.6 is 0 Å². The van der Waals surface area contributed by atoms with Crippen LogP contribution in [-0.2, 0) is 14.2 Å². The zero-order chi connectivity index (χ0) is 7.11. The lowest BCUT2D eigenvalue weighted by molar-refractivity contribution is -0.0105. The van der Waals surface area contributed by atoms with Crippen LogP contribution in [0.5, 0.6) is 0 Å². The standard InChI is InChI=1S/C6H12O3/c1-7-4-6(9-3)5-8-2/h1,6H,4-5H2,2-3H3. The predicted molar refractivity (Wildman–Crippen MR) is 32.9 cm³/mol. The predicted octanol–water partition coefficient (Wildman–Crippen LogP) is 0.333. The van der Waals surface area contributed by atoms with Gasteiger partial charge in [-0.05, 0) is 0 Å². The van der Waals surface area contributed by atoms with Gasteiger partial charge in [-0.15, -0.1) is 0 Å². The second kappa shape index (κ2) is 6.01.